The van der Waals surface area contributed by atoms with Gasteiger partial charge < -0.3 is 20.5 Å². The Morgan fingerprint density at radius 2 is 1.62 bits per heavy atom. The molecule has 168 valence electrons. The summed E-state index contributed by atoms with van der Waals surface area (Å²) >= 11 is 0. The van der Waals surface area contributed by atoms with E-state index < -0.39 is 12.1 Å². The zero-order chi connectivity index (χ0) is 22.5. The molecule has 2 aromatic rings. The van der Waals surface area contributed by atoms with E-state index >= 15 is 0 Å². The minimum Gasteiger partial charge on any atom is -0.481 e. The molecule has 2 aromatic carbocycles. The van der Waals surface area contributed by atoms with Crippen LogP contribution in [-0.2, 0) is 14.3 Å². The molecular weight excluding hydrogens is 408 g/mol. The van der Waals surface area contributed by atoms with Crippen molar-refractivity contribution in [1.29, 1.82) is 0 Å². The first-order valence-electron chi connectivity index (χ1n) is 11.1. The monoisotopic (exact) mass is 436 g/mol. The second kappa shape index (κ2) is 9.85. The first-order valence-corrected chi connectivity index (χ1v) is 11.1. The Balaban J connectivity index is 1.19. The highest BCUT2D eigenvalue weighted by Gasteiger charge is 2.29. The predicted octanol–water partition coefficient (Wildman–Crippen LogP) is 3.67. The number of carboxylic acids is 1. The Hall–Kier alpha value is -3.35. The van der Waals surface area contributed by atoms with Crippen molar-refractivity contribution >= 4 is 18.0 Å². The van der Waals surface area contributed by atoms with Crippen LogP contribution < -0.4 is 10.6 Å². The highest BCUT2D eigenvalue weighted by atomic mass is 16.5. The number of aliphatic carboxylic acids is 1. The van der Waals surface area contributed by atoms with E-state index in [9.17, 15) is 14.4 Å². The normalized spacial score (nSPS) is 19.1. The van der Waals surface area contributed by atoms with Crippen LogP contribution in [0.3, 0.4) is 0 Å². The Morgan fingerprint density at radius 1 is 0.969 bits per heavy atom. The first kappa shape index (κ1) is 21.9. The smallest absolute Gasteiger partial charge is 0.407 e. The maximum Gasteiger partial charge on any atom is 0.407 e. The van der Waals surface area contributed by atoms with Gasteiger partial charge in [-0.1, -0.05) is 48.5 Å². The highest BCUT2D eigenvalue weighted by Crippen LogP contribution is 2.44. The average molecular weight is 437 g/mol. The first-order chi connectivity index (χ1) is 15.5. The number of ether oxygens (including phenoxy) is 1. The molecule has 7 nitrogen and oxygen atoms in total. The maximum absolute atomic E-state index is 12.2. The van der Waals surface area contributed by atoms with Crippen molar-refractivity contribution in [3.05, 3.63) is 59.7 Å². The summed E-state index contributed by atoms with van der Waals surface area (Å²) in [6.07, 6.45) is 2.07. The summed E-state index contributed by atoms with van der Waals surface area (Å²) in [5.74, 6) is -0.825. The second-order valence-electron chi connectivity index (χ2n) is 8.54. The van der Waals surface area contributed by atoms with Crippen LogP contribution in [0.4, 0.5) is 4.79 Å². The third-order valence-electron chi connectivity index (χ3n) is 6.33. The van der Waals surface area contributed by atoms with E-state index in [0.29, 0.717) is 6.42 Å². The lowest BCUT2D eigenvalue weighted by molar-refractivity contribution is -0.138. The van der Waals surface area contributed by atoms with Crippen LogP contribution in [0.25, 0.3) is 11.1 Å². The van der Waals surface area contributed by atoms with Crippen LogP contribution in [0.5, 0.6) is 0 Å². The molecule has 0 aromatic heterocycles. The van der Waals surface area contributed by atoms with E-state index in [4.69, 9.17) is 9.84 Å². The van der Waals surface area contributed by atoms with Gasteiger partial charge in [0.2, 0.25) is 5.91 Å². The fourth-order valence-electron chi connectivity index (χ4n) is 4.87. The van der Waals surface area contributed by atoms with Crippen molar-refractivity contribution in [3.63, 3.8) is 0 Å². The Kier molecular flexibility index (Phi) is 6.73. The fourth-order valence-corrected chi connectivity index (χ4v) is 4.87. The Bertz CT molecular complexity index is 960. The quantitative estimate of drug-likeness (QED) is 0.586. The van der Waals surface area contributed by atoms with Gasteiger partial charge in [0.1, 0.15) is 6.61 Å². The summed E-state index contributed by atoms with van der Waals surface area (Å²) in [5, 5.41) is 14.5. The third-order valence-corrected chi connectivity index (χ3v) is 6.33. The number of carbonyl (C=O) groups excluding carboxylic acids is 2. The minimum atomic E-state index is -0.797. The van der Waals surface area contributed by atoms with Crippen LogP contribution >= 0.6 is 0 Å². The number of rotatable bonds is 8. The molecule has 1 fully saturated rings. The van der Waals surface area contributed by atoms with E-state index in [1.165, 1.54) is 11.1 Å². The molecule has 1 saturated carbocycles. The zero-order valence-corrected chi connectivity index (χ0v) is 17.9. The fraction of sp³-hybridized carbons (Fsp3) is 0.400. The van der Waals surface area contributed by atoms with Gasteiger partial charge in [-0.2, -0.15) is 0 Å². The van der Waals surface area contributed by atoms with Crippen LogP contribution in [0.2, 0.25) is 0 Å². The SMILES string of the molecule is O=C(O)C[C@@H]1CC[C@H](NC(=O)CCNC(=O)OCC2c3ccccc3-c3ccccc32)C1. The standard InChI is InChI=1S/C25H28N2O5/c28-23(27-17-10-9-16(13-17)14-24(29)30)11-12-26-25(31)32-15-22-20-7-3-1-5-18(20)19-6-2-4-8-21(19)22/h1-8,16-17,22H,9-15H2,(H,26,31)(H,27,28)(H,29,30)/t16-,17+/m1/s1. The molecule has 4 rings (SSSR count). The van der Waals surface area contributed by atoms with Crippen molar-refractivity contribution in [3.8, 4) is 11.1 Å². The predicted molar refractivity (Wildman–Crippen MR) is 119 cm³/mol. The number of carboxylic acid groups (broad SMARTS) is 1. The lowest BCUT2D eigenvalue weighted by atomic mass is 9.98. The molecule has 2 aliphatic carbocycles. The Labute approximate surface area is 187 Å². The van der Waals surface area contributed by atoms with Crippen molar-refractivity contribution in [2.24, 2.45) is 5.92 Å². The molecule has 0 aliphatic heterocycles. The number of benzene rings is 2. The van der Waals surface area contributed by atoms with E-state index in [-0.39, 0.29) is 49.8 Å². The van der Waals surface area contributed by atoms with Gasteiger partial charge in [-0.25, -0.2) is 4.79 Å². The lowest BCUT2D eigenvalue weighted by Crippen LogP contribution is -2.36. The van der Waals surface area contributed by atoms with Gasteiger partial charge in [-0.05, 0) is 47.4 Å². The summed E-state index contributed by atoms with van der Waals surface area (Å²) < 4.78 is 5.47. The van der Waals surface area contributed by atoms with E-state index in [0.717, 1.165) is 24.0 Å². The van der Waals surface area contributed by atoms with Crippen LogP contribution in [0, 0.1) is 5.92 Å². The second-order valence-corrected chi connectivity index (χ2v) is 8.54. The van der Waals surface area contributed by atoms with E-state index in [1.54, 1.807) is 0 Å². The molecule has 2 atom stereocenters. The summed E-state index contributed by atoms with van der Waals surface area (Å²) in [6, 6.07) is 16.3. The van der Waals surface area contributed by atoms with Crippen LogP contribution in [-0.4, -0.2) is 42.3 Å². The molecule has 0 bridgehead atoms. The summed E-state index contributed by atoms with van der Waals surface area (Å²) in [4.78, 5) is 35.1. The number of amides is 2. The average Bonchev–Trinajstić information content (AvgIpc) is 3.33. The molecule has 32 heavy (non-hydrogen) atoms. The van der Waals surface area contributed by atoms with Crippen molar-refractivity contribution in [2.75, 3.05) is 13.2 Å². The molecule has 0 spiro atoms. The summed E-state index contributed by atoms with van der Waals surface area (Å²) in [7, 11) is 0. The number of alkyl carbamates (subject to hydrolysis) is 1. The zero-order valence-electron chi connectivity index (χ0n) is 17.9. The molecule has 0 radical (unpaired) electrons. The topological polar surface area (TPSA) is 105 Å². The van der Waals surface area contributed by atoms with Crippen molar-refractivity contribution in [2.45, 2.75) is 44.1 Å². The molecule has 2 amide bonds. The van der Waals surface area contributed by atoms with Crippen molar-refractivity contribution < 1.29 is 24.2 Å². The number of fused-ring (bicyclic) bond motifs is 3. The van der Waals surface area contributed by atoms with Gasteiger partial charge in [0.25, 0.3) is 0 Å². The molecule has 3 N–H and O–H groups in total. The maximum atomic E-state index is 12.2. The molecule has 2 aliphatic rings. The summed E-state index contributed by atoms with van der Waals surface area (Å²) in [5.41, 5.74) is 4.65. The molecular formula is C25H28N2O5. The van der Waals surface area contributed by atoms with Gasteiger partial charge in [0.15, 0.2) is 0 Å². The van der Waals surface area contributed by atoms with Gasteiger partial charge >= 0.3 is 12.1 Å². The van der Waals surface area contributed by atoms with Gasteiger partial charge in [0, 0.05) is 31.3 Å². The molecule has 0 unspecified atom stereocenters. The lowest BCUT2D eigenvalue weighted by Gasteiger charge is -2.15. The van der Waals surface area contributed by atoms with Crippen molar-refractivity contribution in [1.82, 2.24) is 10.6 Å². The minimum absolute atomic E-state index is 0.00226. The summed E-state index contributed by atoms with van der Waals surface area (Å²) in [6.45, 7) is 0.423. The largest absolute Gasteiger partial charge is 0.481 e. The molecule has 0 heterocycles. The van der Waals surface area contributed by atoms with E-state index in [1.807, 2.05) is 24.3 Å². The van der Waals surface area contributed by atoms with Gasteiger partial charge in [-0.3, -0.25) is 9.59 Å². The van der Waals surface area contributed by atoms with Crippen LogP contribution in [0.1, 0.15) is 49.1 Å². The van der Waals surface area contributed by atoms with Gasteiger partial charge in [-0.15, -0.1) is 0 Å². The number of hydrogen-bond acceptors (Lipinski definition) is 4. The molecule has 7 heteroatoms. The highest BCUT2D eigenvalue weighted by molar-refractivity contribution is 5.79. The van der Waals surface area contributed by atoms with Gasteiger partial charge in [0.05, 0.1) is 0 Å². The molecule has 0 saturated heterocycles. The van der Waals surface area contributed by atoms with E-state index in [2.05, 4.69) is 34.9 Å². The number of carbonyl (C=O) groups is 3. The van der Waals surface area contributed by atoms with Crippen LogP contribution in [0.15, 0.2) is 48.5 Å². The third kappa shape index (κ3) is 5.10. The Morgan fingerprint density at radius 3 is 2.28 bits per heavy atom. The number of hydrogen-bond donors (Lipinski definition) is 3. The number of nitrogens with one attached hydrogen (secondary N) is 2.